The summed E-state index contributed by atoms with van der Waals surface area (Å²) in [5.41, 5.74) is 4.04. The van der Waals surface area contributed by atoms with Crippen LogP contribution in [0.2, 0.25) is 0 Å². The molecule has 5 nitrogen and oxygen atoms in total. The van der Waals surface area contributed by atoms with Crippen molar-refractivity contribution < 1.29 is 18.7 Å². The van der Waals surface area contributed by atoms with Gasteiger partial charge in [0.1, 0.15) is 11.4 Å². The van der Waals surface area contributed by atoms with Gasteiger partial charge in [0, 0.05) is 17.7 Å². The third-order valence-electron chi connectivity index (χ3n) is 5.15. The largest absolute Gasteiger partial charge is 0.454 e. The molecule has 4 aromatic rings. The van der Waals surface area contributed by atoms with Crippen LogP contribution in [0.3, 0.4) is 0 Å². The standard InChI is InChI=1S/C29H27NO4/c1-29(2,3)34-28(32)26-18-17-25(33-26)23-13-15-24(16-14-23)27(31)30-19-20-9-11-22(12-10-20)21-7-5-4-6-8-21/h4-18H,19H2,1-3H3,(H,30,31). The number of rotatable bonds is 6. The van der Waals surface area contributed by atoms with Gasteiger partial charge in [0.25, 0.3) is 5.91 Å². The SMILES string of the molecule is CC(C)(C)OC(=O)c1ccc(-c2ccc(C(=O)NCc3ccc(-c4ccccc4)cc3)cc2)o1. The van der Waals surface area contributed by atoms with E-state index in [1.165, 1.54) is 0 Å². The second-order valence-electron chi connectivity index (χ2n) is 8.99. The van der Waals surface area contributed by atoms with Crippen molar-refractivity contribution in [1.82, 2.24) is 5.32 Å². The molecule has 34 heavy (non-hydrogen) atoms. The van der Waals surface area contributed by atoms with Crippen LogP contribution in [0.5, 0.6) is 0 Å². The zero-order valence-corrected chi connectivity index (χ0v) is 19.5. The van der Waals surface area contributed by atoms with Crippen LogP contribution in [0.4, 0.5) is 0 Å². The molecule has 0 aliphatic heterocycles. The van der Waals surface area contributed by atoms with Gasteiger partial charge in [-0.2, -0.15) is 0 Å². The van der Waals surface area contributed by atoms with Gasteiger partial charge in [-0.3, -0.25) is 4.79 Å². The van der Waals surface area contributed by atoms with Crippen LogP contribution >= 0.6 is 0 Å². The fourth-order valence-electron chi connectivity index (χ4n) is 3.45. The van der Waals surface area contributed by atoms with Crippen molar-refractivity contribution in [1.29, 1.82) is 0 Å². The lowest BCUT2D eigenvalue weighted by atomic mass is 10.0. The number of esters is 1. The molecule has 1 heterocycles. The van der Waals surface area contributed by atoms with Gasteiger partial charge in [-0.1, -0.05) is 66.7 Å². The van der Waals surface area contributed by atoms with Crippen molar-refractivity contribution >= 4 is 11.9 Å². The Hall–Kier alpha value is -4.12. The summed E-state index contributed by atoms with van der Waals surface area (Å²) in [5.74, 6) is 0.00970. The van der Waals surface area contributed by atoms with Crippen molar-refractivity contribution in [2.45, 2.75) is 32.9 Å². The molecule has 4 rings (SSSR count). The Morgan fingerprint density at radius 1 is 0.765 bits per heavy atom. The average Bonchev–Trinajstić information content (AvgIpc) is 3.33. The third-order valence-corrected chi connectivity index (χ3v) is 5.15. The average molecular weight is 454 g/mol. The number of nitrogens with one attached hydrogen (secondary N) is 1. The van der Waals surface area contributed by atoms with Crippen LogP contribution in [-0.2, 0) is 11.3 Å². The summed E-state index contributed by atoms with van der Waals surface area (Å²) in [5, 5.41) is 2.95. The molecule has 0 radical (unpaired) electrons. The first-order valence-corrected chi connectivity index (χ1v) is 11.1. The molecule has 0 unspecified atom stereocenters. The maximum Gasteiger partial charge on any atom is 0.374 e. The third kappa shape index (κ3) is 5.81. The van der Waals surface area contributed by atoms with Gasteiger partial charge in [-0.05, 0) is 61.7 Å². The predicted octanol–water partition coefficient (Wildman–Crippen LogP) is 6.50. The Morgan fingerprint density at radius 2 is 1.38 bits per heavy atom. The highest BCUT2D eigenvalue weighted by Gasteiger charge is 2.21. The van der Waals surface area contributed by atoms with Crippen molar-refractivity contribution in [3.63, 3.8) is 0 Å². The molecule has 1 N–H and O–H groups in total. The molecule has 3 aromatic carbocycles. The van der Waals surface area contributed by atoms with E-state index in [1.807, 2.05) is 30.3 Å². The molecular formula is C29H27NO4. The number of benzene rings is 3. The van der Waals surface area contributed by atoms with Gasteiger partial charge in [0.15, 0.2) is 0 Å². The number of carbonyl (C=O) groups excluding carboxylic acids is 2. The molecule has 5 heteroatoms. The highest BCUT2D eigenvalue weighted by molar-refractivity contribution is 5.94. The second kappa shape index (κ2) is 9.79. The molecule has 0 saturated carbocycles. The first-order valence-electron chi connectivity index (χ1n) is 11.1. The number of furan rings is 1. The molecule has 0 atom stereocenters. The number of hydrogen-bond donors (Lipinski definition) is 1. The Kier molecular flexibility index (Phi) is 6.64. The van der Waals surface area contributed by atoms with Crippen LogP contribution in [-0.4, -0.2) is 17.5 Å². The van der Waals surface area contributed by atoms with Gasteiger partial charge >= 0.3 is 5.97 Å². The molecule has 1 amide bonds. The predicted molar refractivity (Wildman–Crippen MR) is 132 cm³/mol. The quantitative estimate of drug-likeness (QED) is 0.338. The van der Waals surface area contributed by atoms with Gasteiger partial charge in [0.2, 0.25) is 5.76 Å². The minimum absolute atomic E-state index is 0.144. The zero-order chi connectivity index (χ0) is 24.1. The van der Waals surface area contributed by atoms with Crippen LogP contribution in [0.15, 0.2) is 95.4 Å². The normalized spacial score (nSPS) is 11.1. The van der Waals surface area contributed by atoms with E-state index in [0.29, 0.717) is 17.9 Å². The summed E-state index contributed by atoms with van der Waals surface area (Å²) in [4.78, 5) is 24.7. The molecule has 1 aromatic heterocycles. The second-order valence-corrected chi connectivity index (χ2v) is 8.99. The number of amides is 1. The summed E-state index contributed by atoms with van der Waals surface area (Å²) in [6, 6.07) is 28.7. The fourth-order valence-corrected chi connectivity index (χ4v) is 3.45. The lowest BCUT2D eigenvalue weighted by Gasteiger charge is -2.18. The topological polar surface area (TPSA) is 68.5 Å². The zero-order valence-electron chi connectivity index (χ0n) is 19.5. The first-order chi connectivity index (χ1) is 16.3. The molecule has 0 saturated heterocycles. The van der Waals surface area contributed by atoms with Crippen LogP contribution in [0.25, 0.3) is 22.5 Å². The van der Waals surface area contributed by atoms with E-state index in [4.69, 9.17) is 9.15 Å². The monoisotopic (exact) mass is 453 g/mol. The minimum atomic E-state index is -0.594. The van der Waals surface area contributed by atoms with E-state index >= 15 is 0 Å². The van der Waals surface area contributed by atoms with E-state index in [0.717, 1.165) is 22.3 Å². The van der Waals surface area contributed by atoms with Gasteiger partial charge in [-0.15, -0.1) is 0 Å². The van der Waals surface area contributed by atoms with E-state index in [2.05, 4.69) is 29.6 Å². The van der Waals surface area contributed by atoms with Crippen LogP contribution < -0.4 is 5.32 Å². The summed E-state index contributed by atoms with van der Waals surface area (Å²) < 4.78 is 11.0. The van der Waals surface area contributed by atoms with Crippen LogP contribution in [0.1, 0.15) is 47.2 Å². The van der Waals surface area contributed by atoms with E-state index < -0.39 is 11.6 Å². The molecule has 0 spiro atoms. The summed E-state index contributed by atoms with van der Waals surface area (Å²) in [7, 11) is 0. The van der Waals surface area contributed by atoms with E-state index in [9.17, 15) is 9.59 Å². The molecule has 172 valence electrons. The highest BCUT2D eigenvalue weighted by atomic mass is 16.6. The number of carbonyl (C=O) groups is 2. The highest BCUT2D eigenvalue weighted by Crippen LogP contribution is 2.24. The number of hydrogen-bond acceptors (Lipinski definition) is 4. The summed E-state index contributed by atoms with van der Waals surface area (Å²) >= 11 is 0. The number of ether oxygens (including phenoxy) is 1. The molecule has 0 bridgehead atoms. The molecule has 0 aliphatic carbocycles. The van der Waals surface area contributed by atoms with Crippen molar-refractivity contribution in [2.24, 2.45) is 0 Å². The molecule has 0 fully saturated rings. The Morgan fingerprint density at radius 3 is 2.03 bits per heavy atom. The first kappa shape index (κ1) is 23.1. The summed E-state index contributed by atoms with van der Waals surface area (Å²) in [6.45, 7) is 5.85. The van der Waals surface area contributed by atoms with Crippen molar-refractivity contribution in [3.8, 4) is 22.5 Å². The van der Waals surface area contributed by atoms with Crippen LogP contribution in [0, 0.1) is 0 Å². The molecule has 0 aliphatic rings. The van der Waals surface area contributed by atoms with Gasteiger partial charge in [-0.25, -0.2) is 4.79 Å². The Bertz CT molecular complexity index is 1260. The Balaban J connectivity index is 1.35. The van der Waals surface area contributed by atoms with Gasteiger partial charge < -0.3 is 14.5 Å². The van der Waals surface area contributed by atoms with E-state index in [1.54, 1.807) is 57.2 Å². The maximum atomic E-state index is 12.6. The fraction of sp³-hybridized carbons (Fsp3) is 0.172. The smallest absolute Gasteiger partial charge is 0.374 e. The Labute approximate surface area is 199 Å². The minimum Gasteiger partial charge on any atom is -0.454 e. The van der Waals surface area contributed by atoms with Crippen molar-refractivity contribution in [3.05, 3.63) is 108 Å². The summed E-state index contributed by atoms with van der Waals surface area (Å²) in [6.07, 6.45) is 0. The van der Waals surface area contributed by atoms with E-state index in [-0.39, 0.29) is 11.7 Å². The van der Waals surface area contributed by atoms with Crippen molar-refractivity contribution in [2.75, 3.05) is 0 Å². The lowest BCUT2D eigenvalue weighted by molar-refractivity contribution is 0.00367. The molecular weight excluding hydrogens is 426 g/mol. The lowest BCUT2D eigenvalue weighted by Crippen LogP contribution is -2.23. The maximum absolute atomic E-state index is 12.6. The van der Waals surface area contributed by atoms with Gasteiger partial charge in [0.05, 0.1) is 0 Å².